The van der Waals surface area contributed by atoms with Gasteiger partial charge in [0.1, 0.15) is 0 Å². The van der Waals surface area contributed by atoms with Crippen LogP contribution in [0.4, 0.5) is 0 Å². The zero-order valence-corrected chi connectivity index (χ0v) is 10.2. The van der Waals surface area contributed by atoms with E-state index in [1.54, 1.807) is 0 Å². The lowest BCUT2D eigenvalue weighted by molar-refractivity contribution is 0.0642. The lowest BCUT2D eigenvalue weighted by Gasteiger charge is -2.27. The molecule has 1 saturated carbocycles. The summed E-state index contributed by atoms with van der Waals surface area (Å²) in [6, 6.07) is 0.580. The van der Waals surface area contributed by atoms with E-state index in [2.05, 4.69) is 5.32 Å². The van der Waals surface area contributed by atoms with Crippen LogP contribution in [-0.2, 0) is 4.74 Å². The van der Waals surface area contributed by atoms with Gasteiger partial charge < -0.3 is 15.2 Å². The molecule has 2 N–H and O–H groups in total. The minimum absolute atomic E-state index is 0.0245. The number of hydrogen-bond donors (Lipinski definition) is 2. The molecule has 94 valence electrons. The smallest absolute Gasteiger partial charge is 0.0620 e. The van der Waals surface area contributed by atoms with Gasteiger partial charge in [-0.1, -0.05) is 12.8 Å². The van der Waals surface area contributed by atoms with Gasteiger partial charge in [0.2, 0.25) is 0 Å². The van der Waals surface area contributed by atoms with Crippen LogP contribution < -0.4 is 5.32 Å². The van der Waals surface area contributed by atoms with Crippen molar-refractivity contribution in [3.05, 3.63) is 0 Å². The van der Waals surface area contributed by atoms with E-state index in [0.29, 0.717) is 12.0 Å². The van der Waals surface area contributed by atoms with Gasteiger partial charge >= 0.3 is 0 Å². The zero-order chi connectivity index (χ0) is 11.2. The van der Waals surface area contributed by atoms with Gasteiger partial charge in [0.25, 0.3) is 0 Å². The van der Waals surface area contributed by atoms with E-state index < -0.39 is 0 Å². The Hall–Kier alpha value is -0.120. The fourth-order valence-corrected chi connectivity index (χ4v) is 2.89. The first-order valence-electron chi connectivity index (χ1n) is 6.85. The van der Waals surface area contributed by atoms with E-state index >= 15 is 0 Å². The topological polar surface area (TPSA) is 41.5 Å². The molecule has 2 rings (SSSR count). The Bertz CT molecular complexity index is 192. The molecule has 1 saturated heterocycles. The molecule has 3 heteroatoms. The molecule has 3 unspecified atom stereocenters. The third-order valence-electron chi connectivity index (χ3n) is 3.98. The Balaban J connectivity index is 1.53. The van der Waals surface area contributed by atoms with Crippen LogP contribution >= 0.6 is 0 Å². The van der Waals surface area contributed by atoms with Crippen LogP contribution in [0.2, 0.25) is 0 Å². The number of aliphatic hydroxyl groups excluding tert-OH is 1. The molecule has 0 amide bonds. The number of aliphatic hydroxyl groups is 1. The maximum atomic E-state index is 9.84. The van der Waals surface area contributed by atoms with Crippen molar-refractivity contribution in [3.8, 4) is 0 Å². The first kappa shape index (κ1) is 12.3. The molecule has 0 bridgehead atoms. The molecule has 2 aliphatic rings. The van der Waals surface area contributed by atoms with Crippen molar-refractivity contribution in [2.75, 3.05) is 19.8 Å². The average molecular weight is 227 g/mol. The monoisotopic (exact) mass is 227 g/mol. The molecule has 0 aromatic carbocycles. The van der Waals surface area contributed by atoms with Crippen molar-refractivity contribution in [1.29, 1.82) is 0 Å². The predicted octanol–water partition coefficient (Wildman–Crippen LogP) is 1.70. The van der Waals surface area contributed by atoms with Crippen molar-refractivity contribution in [3.63, 3.8) is 0 Å². The summed E-state index contributed by atoms with van der Waals surface area (Å²) >= 11 is 0. The molecule has 0 radical (unpaired) electrons. The van der Waals surface area contributed by atoms with Gasteiger partial charge in [-0.3, -0.25) is 0 Å². The molecule has 1 heterocycles. The second kappa shape index (κ2) is 6.58. The Morgan fingerprint density at radius 1 is 1.19 bits per heavy atom. The van der Waals surface area contributed by atoms with E-state index in [0.717, 1.165) is 32.6 Å². The van der Waals surface area contributed by atoms with Gasteiger partial charge in [-0.15, -0.1) is 0 Å². The van der Waals surface area contributed by atoms with Gasteiger partial charge in [-0.05, 0) is 44.6 Å². The number of rotatable bonds is 5. The minimum Gasteiger partial charge on any atom is -0.393 e. The quantitative estimate of drug-likeness (QED) is 0.702. The maximum Gasteiger partial charge on any atom is 0.0620 e. The third kappa shape index (κ3) is 3.72. The molecule has 1 aliphatic heterocycles. The molecule has 2 fully saturated rings. The molecule has 1 aliphatic carbocycles. The van der Waals surface area contributed by atoms with E-state index in [1.165, 1.54) is 32.1 Å². The summed E-state index contributed by atoms with van der Waals surface area (Å²) in [5.41, 5.74) is 0. The standard InChI is InChI=1S/C13H25NO2/c15-13-6-2-1-4-11(13)5-3-8-14-12-7-9-16-10-12/h11-15H,1-10H2. The van der Waals surface area contributed by atoms with Gasteiger partial charge in [0.05, 0.1) is 12.7 Å². The van der Waals surface area contributed by atoms with Gasteiger partial charge in [0.15, 0.2) is 0 Å². The van der Waals surface area contributed by atoms with Crippen LogP contribution in [0, 0.1) is 5.92 Å². The van der Waals surface area contributed by atoms with E-state index in [9.17, 15) is 5.11 Å². The van der Waals surface area contributed by atoms with Crippen LogP contribution in [0.5, 0.6) is 0 Å². The fraction of sp³-hybridized carbons (Fsp3) is 1.00. The average Bonchev–Trinajstić information content (AvgIpc) is 2.79. The summed E-state index contributed by atoms with van der Waals surface area (Å²) in [6.45, 7) is 2.88. The molecule has 3 nitrogen and oxygen atoms in total. The summed E-state index contributed by atoms with van der Waals surface area (Å²) in [7, 11) is 0. The van der Waals surface area contributed by atoms with Gasteiger partial charge in [0, 0.05) is 12.6 Å². The molecular formula is C13H25NO2. The minimum atomic E-state index is -0.0245. The Kier molecular flexibility index (Phi) is 5.07. The van der Waals surface area contributed by atoms with Crippen LogP contribution in [0.1, 0.15) is 44.9 Å². The maximum absolute atomic E-state index is 9.84. The molecular weight excluding hydrogens is 202 g/mol. The molecule has 3 atom stereocenters. The largest absolute Gasteiger partial charge is 0.393 e. The lowest BCUT2D eigenvalue weighted by Crippen LogP contribution is -2.31. The molecule has 0 aromatic rings. The molecule has 16 heavy (non-hydrogen) atoms. The lowest BCUT2D eigenvalue weighted by atomic mass is 9.83. The highest BCUT2D eigenvalue weighted by Crippen LogP contribution is 2.27. The van der Waals surface area contributed by atoms with E-state index in [-0.39, 0.29) is 6.10 Å². The van der Waals surface area contributed by atoms with Gasteiger partial charge in [-0.25, -0.2) is 0 Å². The zero-order valence-electron chi connectivity index (χ0n) is 10.2. The summed E-state index contributed by atoms with van der Waals surface area (Å²) in [5, 5.41) is 13.4. The Morgan fingerprint density at radius 2 is 2.06 bits per heavy atom. The highest BCUT2D eigenvalue weighted by Gasteiger charge is 2.22. The summed E-state index contributed by atoms with van der Waals surface area (Å²) in [6.07, 6.45) is 8.29. The highest BCUT2D eigenvalue weighted by molar-refractivity contribution is 4.75. The van der Waals surface area contributed by atoms with Crippen LogP contribution in [0.25, 0.3) is 0 Å². The summed E-state index contributed by atoms with van der Waals surface area (Å²) in [5.74, 6) is 0.565. The Morgan fingerprint density at radius 3 is 2.81 bits per heavy atom. The second-order valence-electron chi connectivity index (χ2n) is 5.27. The molecule has 0 spiro atoms. The van der Waals surface area contributed by atoms with E-state index in [1.807, 2.05) is 0 Å². The van der Waals surface area contributed by atoms with Crippen LogP contribution in [0.3, 0.4) is 0 Å². The summed E-state index contributed by atoms with van der Waals surface area (Å²) in [4.78, 5) is 0. The predicted molar refractivity (Wildman–Crippen MR) is 64.4 cm³/mol. The van der Waals surface area contributed by atoms with Crippen molar-refractivity contribution >= 4 is 0 Å². The first-order valence-corrected chi connectivity index (χ1v) is 6.85. The van der Waals surface area contributed by atoms with Crippen molar-refractivity contribution in [2.24, 2.45) is 5.92 Å². The number of hydrogen-bond acceptors (Lipinski definition) is 3. The summed E-state index contributed by atoms with van der Waals surface area (Å²) < 4.78 is 5.32. The molecule has 0 aromatic heterocycles. The fourth-order valence-electron chi connectivity index (χ4n) is 2.89. The highest BCUT2D eigenvalue weighted by atomic mass is 16.5. The van der Waals surface area contributed by atoms with Crippen molar-refractivity contribution in [1.82, 2.24) is 5.32 Å². The Labute approximate surface area is 98.6 Å². The number of nitrogens with one attached hydrogen (secondary N) is 1. The third-order valence-corrected chi connectivity index (χ3v) is 3.98. The van der Waals surface area contributed by atoms with Crippen LogP contribution in [-0.4, -0.2) is 37.0 Å². The number of ether oxygens (including phenoxy) is 1. The SMILES string of the molecule is OC1CCCCC1CCCNC1CCOC1. The van der Waals surface area contributed by atoms with Gasteiger partial charge in [-0.2, -0.15) is 0 Å². The normalized spacial score (nSPS) is 35.4. The van der Waals surface area contributed by atoms with Crippen molar-refractivity contribution < 1.29 is 9.84 Å². The van der Waals surface area contributed by atoms with Crippen molar-refractivity contribution in [2.45, 2.75) is 57.1 Å². The second-order valence-corrected chi connectivity index (χ2v) is 5.27. The van der Waals surface area contributed by atoms with E-state index in [4.69, 9.17) is 4.74 Å². The van der Waals surface area contributed by atoms with Crippen LogP contribution in [0.15, 0.2) is 0 Å². The first-order chi connectivity index (χ1) is 7.86.